The molecule has 1 heterocycles. The van der Waals surface area contributed by atoms with Crippen LogP contribution in [0.3, 0.4) is 0 Å². The molecule has 4 N–H and O–H groups in total. The van der Waals surface area contributed by atoms with Gasteiger partial charge in [0.05, 0.1) is 0 Å². The van der Waals surface area contributed by atoms with E-state index in [1.165, 1.54) is 0 Å². The highest BCUT2D eigenvalue weighted by Crippen LogP contribution is 2.14. The smallest absolute Gasteiger partial charge is 0.317 e. The Morgan fingerprint density at radius 1 is 1.64 bits per heavy atom. The molecule has 5 heteroatoms. The quantitative estimate of drug-likeness (QED) is 0.520. The molecule has 0 radical (unpaired) electrons. The molecule has 0 spiro atoms. The fourth-order valence-corrected chi connectivity index (χ4v) is 1.75. The molecule has 0 aromatic carbocycles. The Kier molecular flexibility index (Phi) is 4.69. The molecule has 82 valence electrons. The third-order valence-electron chi connectivity index (χ3n) is 2.54. The zero-order valence-corrected chi connectivity index (χ0v) is 8.75. The fraction of sp³-hybridized carbons (Fsp3) is 0.889. The van der Waals surface area contributed by atoms with Crippen LogP contribution in [0.2, 0.25) is 0 Å². The largest absolute Gasteiger partial charge is 0.341 e. The first-order valence-corrected chi connectivity index (χ1v) is 5.15. The molecule has 1 rings (SSSR count). The highest BCUT2D eigenvalue weighted by atomic mass is 16.2. The Hall–Kier alpha value is -0.810. The Labute approximate surface area is 85.0 Å². The summed E-state index contributed by atoms with van der Waals surface area (Å²) < 4.78 is 0. The topological polar surface area (TPSA) is 70.4 Å². The maximum absolute atomic E-state index is 11.3. The van der Waals surface area contributed by atoms with E-state index >= 15 is 0 Å². The van der Waals surface area contributed by atoms with Crippen molar-refractivity contribution in [3.05, 3.63) is 0 Å². The molecule has 0 bridgehead atoms. The number of carbonyl (C=O) groups excluding carboxylic acids is 1. The number of nitrogens with zero attached hydrogens (tertiary/aromatic N) is 1. The fourth-order valence-electron chi connectivity index (χ4n) is 1.75. The molecule has 1 saturated heterocycles. The molecule has 1 aliphatic rings. The molecule has 1 atom stereocenters. The second-order valence-corrected chi connectivity index (χ2v) is 3.65. The summed E-state index contributed by atoms with van der Waals surface area (Å²) in [7, 11) is 1.67. The number of nitrogens with two attached hydrogens (primary N) is 1. The number of amides is 2. The molecule has 0 aromatic rings. The van der Waals surface area contributed by atoms with Gasteiger partial charge in [-0.05, 0) is 18.9 Å². The van der Waals surface area contributed by atoms with Gasteiger partial charge in [0.2, 0.25) is 0 Å². The minimum Gasteiger partial charge on any atom is -0.341 e. The summed E-state index contributed by atoms with van der Waals surface area (Å²) in [6.07, 6.45) is 1.09. The number of hydrogen-bond acceptors (Lipinski definition) is 3. The van der Waals surface area contributed by atoms with Crippen LogP contribution in [0.25, 0.3) is 0 Å². The summed E-state index contributed by atoms with van der Waals surface area (Å²) >= 11 is 0. The maximum Gasteiger partial charge on any atom is 0.317 e. The first-order valence-electron chi connectivity index (χ1n) is 5.15. The van der Waals surface area contributed by atoms with Gasteiger partial charge in [-0.3, -0.25) is 0 Å². The zero-order chi connectivity index (χ0) is 10.4. The molecular formula is C9H20N4O. The van der Waals surface area contributed by atoms with Crippen molar-refractivity contribution in [1.82, 2.24) is 15.5 Å². The monoisotopic (exact) mass is 200 g/mol. The van der Waals surface area contributed by atoms with Crippen LogP contribution in [0.15, 0.2) is 0 Å². The highest BCUT2D eigenvalue weighted by molar-refractivity contribution is 5.74. The SMILES string of the molecule is CNC(=O)N1CCC(CNCCN)C1. The molecule has 0 saturated carbocycles. The Bertz CT molecular complexity index is 186. The van der Waals surface area contributed by atoms with Crippen LogP contribution in [0.4, 0.5) is 4.79 Å². The van der Waals surface area contributed by atoms with Crippen molar-refractivity contribution in [1.29, 1.82) is 0 Å². The lowest BCUT2D eigenvalue weighted by molar-refractivity contribution is 0.209. The van der Waals surface area contributed by atoms with Crippen LogP contribution in [0.5, 0.6) is 0 Å². The van der Waals surface area contributed by atoms with Gasteiger partial charge in [0, 0.05) is 33.2 Å². The third kappa shape index (κ3) is 3.16. The average molecular weight is 200 g/mol. The van der Waals surface area contributed by atoms with Crippen LogP contribution >= 0.6 is 0 Å². The van der Waals surface area contributed by atoms with Crippen LogP contribution in [0, 0.1) is 5.92 Å². The molecule has 14 heavy (non-hydrogen) atoms. The molecule has 0 aliphatic carbocycles. The van der Waals surface area contributed by atoms with Gasteiger partial charge in [0.15, 0.2) is 0 Å². The number of rotatable bonds is 4. The highest BCUT2D eigenvalue weighted by Gasteiger charge is 2.24. The van der Waals surface area contributed by atoms with Gasteiger partial charge >= 0.3 is 6.03 Å². The third-order valence-corrected chi connectivity index (χ3v) is 2.54. The van der Waals surface area contributed by atoms with Crippen LogP contribution in [-0.2, 0) is 0 Å². The van der Waals surface area contributed by atoms with E-state index in [-0.39, 0.29) is 6.03 Å². The lowest BCUT2D eigenvalue weighted by Crippen LogP contribution is -2.37. The van der Waals surface area contributed by atoms with E-state index in [9.17, 15) is 4.79 Å². The van der Waals surface area contributed by atoms with E-state index < -0.39 is 0 Å². The molecule has 1 aliphatic heterocycles. The minimum atomic E-state index is 0.0336. The molecule has 0 aromatic heterocycles. The molecule has 1 fully saturated rings. The van der Waals surface area contributed by atoms with E-state index in [4.69, 9.17) is 5.73 Å². The second kappa shape index (κ2) is 5.82. The molecular weight excluding hydrogens is 180 g/mol. The molecule has 5 nitrogen and oxygen atoms in total. The Morgan fingerprint density at radius 2 is 2.43 bits per heavy atom. The van der Waals surface area contributed by atoms with E-state index in [0.29, 0.717) is 12.5 Å². The maximum atomic E-state index is 11.3. The van der Waals surface area contributed by atoms with Crippen LogP contribution < -0.4 is 16.4 Å². The van der Waals surface area contributed by atoms with Gasteiger partial charge in [-0.2, -0.15) is 0 Å². The van der Waals surface area contributed by atoms with Gasteiger partial charge < -0.3 is 21.3 Å². The number of nitrogens with one attached hydrogen (secondary N) is 2. The zero-order valence-electron chi connectivity index (χ0n) is 8.75. The molecule has 2 amide bonds. The van der Waals surface area contributed by atoms with E-state index in [1.54, 1.807) is 7.05 Å². The summed E-state index contributed by atoms with van der Waals surface area (Å²) in [5.41, 5.74) is 5.37. The van der Waals surface area contributed by atoms with Gasteiger partial charge in [-0.25, -0.2) is 4.79 Å². The van der Waals surface area contributed by atoms with Crippen molar-refractivity contribution in [3.63, 3.8) is 0 Å². The van der Waals surface area contributed by atoms with E-state index in [0.717, 1.165) is 32.6 Å². The number of hydrogen-bond donors (Lipinski definition) is 3. The lowest BCUT2D eigenvalue weighted by atomic mass is 10.1. The standard InChI is InChI=1S/C9H20N4O/c1-11-9(14)13-5-2-8(7-13)6-12-4-3-10/h8,12H,2-7,10H2,1H3,(H,11,14). The summed E-state index contributed by atoms with van der Waals surface area (Å²) in [6.45, 7) is 4.22. The average Bonchev–Trinajstić information content (AvgIpc) is 2.66. The summed E-state index contributed by atoms with van der Waals surface area (Å²) in [4.78, 5) is 13.1. The number of likely N-dealkylation sites (tertiary alicyclic amines) is 1. The van der Waals surface area contributed by atoms with Crippen molar-refractivity contribution >= 4 is 6.03 Å². The van der Waals surface area contributed by atoms with Crippen molar-refractivity contribution < 1.29 is 4.79 Å². The summed E-state index contributed by atoms with van der Waals surface area (Å²) in [5.74, 6) is 0.582. The van der Waals surface area contributed by atoms with Gasteiger partial charge in [0.1, 0.15) is 0 Å². The van der Waals surface area contributed by atoms with Crippen LogP contribution in [0.1, 0.15) is 6.42 Å². The first kappa shape index (κ1) is 11.3. The van der Waals surface area contributed by atoms with Gasteiger partial charge in [0.25, 0.3) is 0 Å². The second-order valence-electron chi connectivity index (χ2n) is 3.65. The Morgan fingerprint density at radius 3 is 3.07 bits per heavy atom. The van der Waals surface area contributed by atoms with Crippen molar-refractivity contribution in [3.8, 4) is 0 Å². The van der Waals surface area contributed by atoms with Crippen molar-refractivity contribution in [2.24, 2.45) is 11.7 Å². The Balaban J connectivity index is 2.17. The number of carbonyl (C=O) groups is 1. The summed E-state index contributed by atoms with van der Waals surface area (Å²) in [6, 6.07) is 0.0336. The lowest BCUT2D eigenvalue weighted by Gasteiger charge is -2.15. The minimum absolute atomic E-state index is 0.0336. The summed E-state index contributed by atoms with van der Waals surface area (Å²) in [5, 5.41) is 5.91. The van der Waals surface area contributed by atoms with Crippen LogP contribution in [-0.4, -0.2) is 50.7 Å². The predicted octanol–water partition coefficient (Wildman–Crippen LogP) is -0.804. The van der Waals surface area contributed by atoms with Crippen molar-refractivity contribution in [2.45, 2.75) is 6.42 Å². The van der Waals surface area contributed by atoms with Gasteiger partial charge in [-0.1, -0.05) is 0 Å². The van der Waals surface area contributed by atoms with Gasteiger partial charge in [-0.15, -0.1) is 0 Å². The first-order chi connectivity index (χ1) is 6.77. The normalized spacial score (nSPS) is 21.3. The molecule has 1 unspecified atom stereocenters. The number of urea groups is 1. The van der Waals surface area contributed by atoms with Crippen molar-refractivity contribution in [2.75, 3.05) is 39.8 Å². The van der Waals surface area contributed by atoms with E-state index in [1.807, 2.05) is 4.90 Å². The van der Waals surface area contributed by atoms with E-state index in [2.05, 4.69) is 10.6 Å². The predicted molar refractivity (Wildman–Crippen MR) is 56.1 cm³/mol.